The minimum absolute atomic E-state index is 0.359. The van der Waals surface area contributed by atoms with Crippen molar-refractivity contribution in [3.63, 3.8) is 0 Å². The van der Waals surface area contributed by atoms with Gasteiger partial charge in [0.15, 0.2) is 0 Å². The Hall–Kier alpha value is 0.660. The van der Waals surface area contributed by atoms with Gasteiger partial charge in [-0.15, -0.1) is 0 Å². The summed E-state index contributed by atoms with van der Waals surface area (Å²) in [5.41, 5.74) is 0.359. The van der Waals surface area contributed by atoms with Gasteiger partial charge in [-0.3, -0.25) is 0 Å². The first-order valence-corrected chi connectivity index (χ1v) is 8.01. The van der Waals surface area contributed by atoms with Crippen LogP contribution < -0.4 is 5.32 Å². The predicted octanol–water partition coefficient (Wildman–Crippen LogP) is 3.25. The molecular weight excluding hydrogens is 222 g/mol. The van der Waals surface area contributed by atoms with E-state index in [0.717, 1.165) is 10.5 Å². The molecule has 15 heavy (non-hydrogen) atoms. The van der Waals surface area contributed by atoms with Crippen LogP contribution in [0.2, 0.25) is 0 Å². The summed E-state index contributed by atoms with van der Waals surface area (Å²) >= 11 is 4.34. The second kappa shape index (κ2) is 5.83. The van der Waals surface area contributed by atoms with Crippen molar-refractivity contribution in [2.75, 3.05) is 18.6 Å². The molecule has 0 aromatic carbocycles. The summed E-state index contributed by atoms with van der Waals surface area (Å²) in [6.45, 7) is 9.37. The topological polar surface area (TPSA) is 12.0 Å². The first kappa shape index (κ1) is 13.7. The van der Waals surface area contributed by atoms with Gasteiger partial charge in [0.2, 0.25) is 0 Å². The molecule has 3 atom stereocenters. The van der Waals surface area contributed by atoms with Gasteiger partial charge in [0.05, 0.1) is 0 Å². The quantitative estimate of drug-likeness (QED) is 0.822. The Labute approximate surface area is 104 Å². The van der Waals surface area contributed by atoms with Crippen LogP contribution >= 0.6 is 23.5 Å². The Morgan fingerprint density at radius 3 is 2.33 bits per heavy atom. The maximum Gasteiger partial charge on any atom is 0.0325 e. The first-order valence-electron chi connectivity index (χ1n) is 5.91. The Balaban J connectivity index is 2.72. The SMILES string of the molecule is CCC1SCCSC1C(NC)C(C)(C)C. The standard InChI is InChI=1S/C12H25NS2/c1-6-9-10(15-8-7-14-9)11(13-5)12(2,3)4/h9-11,13H,6-8H2,1-5H3. The van der Waals surface area contributed by atoms with Crippen molar-refractivity contribution in [3.05, 3.63) is 0 Å². The van der Waals surface area contributed by atoms with Crippen molar-refractivity contribution in [2.24, 2.45) is 5.41 Å². The third kappa shape index (κ3) is 3.57. The van der Waals surface area contributed by atoms with Crippen LogP contribution in [-0.2, 0) is 0 Å². The van der Waals surface area contributed by atoms with E-state index in [2.05, 4.69) is 63.6 Å². The van der Waals surface area contributed by atoms with Crippen LogP contribution in [0.3, 0.4) is 0 Å². The molecule has 1 aliphatic heterocycles. The molecule has 0 amide bonds. The van der Waals surface area contributed by atoms with E-state index < -0.39 is 0 Å². The van der Waals surface area contributed by atoms with Crippen LogP contribution in [0.25, 0.3) is 0 Å². The summed E-state index contributed by atoms with van der Waals surface area (Å²) in [6.07, 6.45) is 1.30. The molecule has 1 saturated heterocycles. The van der Waals surface area contributed by atoms with Gasteiger partial charge in [-0.05, 0) is 18.9 Å². The number of hydrogen-bond acceptors (Lipinski definition) is 3. The lowest BCUT2D eigenvalue weighted by Crippen LogP contribution is -2.50. The van der Waals surface area contributed by atoms with Crippen LogP contribution in [-0.4, -0.2) is 35.1 Å². The highest BCUT2D eigenvalue weighted by atomic mass is 32.2. The second-order valence-electron chi connectivity index (χ2n) is 5.29. The Morgan fingerprint density at radius 2 is 1.87 bits per heavy atom. The fourth-order valence-corrected chi connectivity index (χ4v) is 5.88. The lowest BCUT2D eigenvalue weighted by molar-refractivity contribution is 0.271. The average molecular weight is 247 g/mol. The summed E-state index contributed by atoms with van der Waals surface area (Å²) in [4.78, 5) is 0. The van der Waals surface area contributed by atoms with Crippen molar-refractivity contribution >= 4 is 23.5 Å². The van der Waals surface area contributed by atoms with Gasteiger partial charge in [-0.1, -0.05) is 27.7 Å². The maximum atomic E-state index is 3.54. The zero-order valence-corrected chi connectivity index (χ0v) is 12.3. The normalized spacial score (nSPS) is 30.2. The summed E-state index contributed by atoms with van der Waals surface area (Å²) in [7, 11) is 2.11. The minimum Gasteiger partial charge on any atom is -0.315 e. The van der Waals surface area contributed by atoms with Gasteiger partial charge in [0.25, 0.3) is 0 Å². The van der Waals surface area contributed by atoms with E-state index in [1.54, 1.807) is 0 Å². The molecule has 1 aliphatic rings. The van der Waals surface area contributed by atoms with Crippen LogP contribution in [0.15, 0.2) is 0 Å². The minimum atomic E-state index is 0.359. The monoisotopic (exact) mass is 247 g/mol. The molecule has 0 aromatic rings. The van der Waals surface area contributed by atoms with E-state index in [1.165, 1.54) is 17.9 Å². The van der Waals surface area contributed by atoms with E-state index in [1.807, 2.05) is 0 Å². The van der Waals surface area contributed by atoms with Gasteiger partial charge >= 0.3 is 0 Å². The van der Waals surface area contributed by atoms with Crippen LogP contribution in [0.1, 0.15) is 34.1 Å². The number of rotatable bonds is 3. The van der Waals surface area contributed by atoms with Gasteiger partial charge in [0, 0.05) is 28.0 Å². The Bertz CT molecular complexity index is 189. The smallest absolute Gasteiger partial charge is 0.0325 e. The summed E-state index contributed by atoms with van der Waals surface area (Å²) in [5, 5.41) is 5.15. The number of nitrogens with one attached hydrogen (secondary N) is 1. The zero-order valence-electron chi connectivity index (χ0n) is 10.7. The zero-order chi connectivity index (χ0) is 11.5. The van der Waals surface area contributed by atoms with Crippen molar-refractivity contribution in [3.8, 4) is 0 Å². The van der Waals surface area contributed by atoms with Crippen LogP contribution in [0.5, 0.6) is 0 Å². The first-order chi connectivity index (χ1) is 7.00. The molecule has 1 heterocycles. The molecule has 0 radical (unpaired) electrons. The Morgan fingerprint density at radius 1 is 1.27 bits per heavy atom. The fraction of sp³-hybridized carbons (Fsp3) is 1.00. The second-order valence-corrected chi connectivity index (χ2v) is 7.92. The maximum absolute atomic E-state index is 3.54. The molecule has 90 valence electrons. The molecule has 0 spiro atoms. The number of thioether (sulfide) groups is 2. The highest BCUT2D eigenvalue weighted by molar-refractivity contribution is 8.07. The molecule has 1 fully saturated rings. The molecule has 0 bridgehead atoms. The largest absolute Gasteiger partial charge is 0.315 e. The van der Waals surface area contributed by atoms with E-state index in [9.17, 15) is 0 Å². The highest BCUT2D eigenvalue weighted by Crippen LogP contribution is 2.39. The lowest BCUT2D eigenvalue weighted by Gasteiger charge is -2.42. The average Bonchev–Trinajstić information content (AvgIpc) is 2.17. The summed E-state index contributed by atoms with van der Waals surface area (Å²) in [5.74, 6) is 2.65. The van der Waals surface area contributed by atoms with Gasteiger partial charge in [0.1, 0.15) is 0 Å². The van der Waals surface area contributed by atoms with E-state index in [0.29, 0.717) is 11.5 Å². The number of hydrogen-bond donors (Lipinski definition) is 1. The summed E-state index contributed by atoms with van der Waals surface area (Å²) < 4.78 is 0. The van der Waals surface area contributed by atoms with Gasteiger partial charge in [-0.2, -0.15) is 23.5 Å². The Kier molecular flexibility index (Phi) is 5.33. The van der Waals surface area contributed by atoms with Crippen LogP contribution in [0, 0.1) is 5.41 Å². The third-order valence-corrected chi connectivity index (χ3v) is 6.42. The van der Waals surface area contributed by atoms with Crippen molar-refractivity contribution < 1.29 is 0 Å². The van der Waals surface area contributed by atoms with Gasteiger partial charge in [-0.25, -0.2) is 0 Å². The molecule has 3 heteroatoms. The molecule has 3 unspecified atom stereocenters. The molecule has 1 nitrogen and oxygen atoms in total. The third-order valence-electron chi connectivity index (χ3n) is 3.07. The molecule has 1 N–H and O–H groups in total. The van der Waals surface area contributed by atoms with E-state index in [-0.39, 0.29) is 0 Å². The van der Waals surface area contributed by atoms with Crippen molar-refractivity contribution in [1.29, 1.82) is 0 Å². The summed E-state index contributed by atoms with van der Waals surface area (Å²) in [6, 6.07) is 0.625. The van der Waals surface area contributed by atoms with Crippen LogP contribution in [0.4, 0.5) is 0 Å². The highest BCUT2D eigenvalue weighted by Gasteiger charge is 2.37. The van der Waals surface area contributed by atoms with E-state index in [4.69, 9.17) is 0 Å². The fourth-order valence-electron chi connectivity index (χ4n) is 2.34. The molecule has 1 rings (SSSR count). The van der Waals surface area contributed by atoms with Crippen molar-refractivity contribution in [1.82, 2.24) is 5.32 Å². The predicted molar refractivity (Wildman–Crippen MR) is 75.1 cm³/mol. The molecule has 0 aliphatic carbocycles. The molecule has 0 saturated carbocycles. The van der Waals surface area contributed by atoms with Crippen molar-refractivity contribution in [2.45, 2.75) is 50.7 Å². The lowest BCUT2D eigenvalue weighted by atomic mass is 9.83. The van der Waals surface area contributed by atoms with Gasteiger partial charge < -0.3 is 5.32 Å². The molecular formula is C12H25NS2. The molecule has 0 aromatic heterocycles. The van der Waals surface area contributed by atoms with E-state index >= 15 is 0 Å².